The molecule has 0 fully saturated rings. The molecule has 2 aromatic heterocycles. The zero-order chi connectivity index (χ0) is 16.2. The van der Waals surface area contributed by atoms with Crippen LogP contribution in [0.15, 0.2) is 17.8 Å². The van der Waals surface area contributed by atoms with Gasteiger partial charge in [-0.1, -0.05) is 20.8 Å². The number of thiazole rings is 1. The third kappa shape index (κ3) is 4.39. The molecule has 118 valence electrons. The standard InChI is InChI=1S/C14H20N6OS/c1-14(2,3)11-16-5-9(6-17-11)19-12(21)18-7-10-8-22-13(15-4)20-10/h5-6,8H,7H2,1-4H3,(H,15,20)(H2,18,19,21). The van der Waals surface area contributed by atoms with Crippen molar-refractivity contribution in [3.8, 4) is 0 Å². The number of hydrogen-bond acceptors (Lipinski definition) is 6. The molecule has 0 spiro atoms. The Morgan fingerprint density at radius 2 is 1.95 bits per heavy atom. The predicted molar refractivity (Wildman–Crippen MR) is 88.3 cm³/mol. The van der Waals surface area contributed by atoms with Crippen molar-refractivity contribution in [2.75, 3.05) is 17.7 Å². The fourth-order valence-corrected chi connectivity index (χ4v) is 2.30. The molecule has 0 saturated heterocycles. The summed E-state index contributed by atoms with van der Waals surface area (Å²) in [5.41, 5.74) is 1.25. The Labute approximate surface area is 133 Å². The summed E-state index contributed by atoms with van der Waals surface area (Å²) in [6, 6.07) is -0.314. The van der Waals surface area contributed by atoms with Crippen molar-refractivity contribution in [2.45, 2.75) is 32.7 Å². The molecule has 0 aliphatic heterocycles. The molecule has 0 atom stereocenters. The van der Waals surface area contributed by atoms with Crippen molar-refractivity contribution >= 4 is 28.2 Å². The van der Waals surface area contributed by atoms with E-state index in [0.29, 0.717) is 12.2 Å². The lowest BCUT2D eigenvalue weighted by Gasteiger charge is -2.16. The van der Waals surface area contributed by atoms with Gasteiger partial charge in [0.1, 0.15) is 5.82 Å². The van der Waals surface area contributed by atoms with E-state index in [1.807, 2.05) is 33.2 Å². The van der Waals surface area contributed by atoms with Crippen LogP contribution in [0, 0.1) is 0 Å². The van der Waals surface area contributed by atoms with Gasteiger partial charge < -0.3 is 16.0 Å². The molecule has 2 heterocycles. The SMILES string of the molecule is CNc1nc(CNC(=O)Nc2cnc(C(C)(C)C)nc2)cs1. The van der Waals surface area contributed by atoms with Crippen LogP contribution in [0.2, 0.25) is 0 Å². The summed E-state index contributed by atoms with van der Waals surface area (Å²) in [6.45, 7) is 6.48. The third-order valence-corrected chi connectivity index (χ3v) is 3.68. The van der Waals surface area contributed by atoms with E-state index >= 15 is 0 Å². The first-order chi connectivity index (χ1) is 10.4. The largest absolute Gasteiger partial charge is 0.365 e. The number of anilines is 2. The Balaban J connectivity index is 1.86. The average Bonchev–Trinajstić information content (AvgIpc) is 2.93. The fraction of sp³-hybridized carbons (Fsp3) is 0.429. The van der Waals surface area contributed by atoms with Crippen molar-refractivity contribution < 1.29 is 4.79 Å². The van der Waals surface area contributed by atoms with Crippen molar-refractivity contribution in [2.24, 2.45) is 0 Å². The Morgan fingerprint density at radius 3 is 2.50 bits per heavy atom. The van der Waals surface area contributed by atoms with Gasteiger partial charge >= 0.3 is 6.03 Å². The van der Waals surface area contributed by atoms with Gasteiger partial charge in [-0.25, -0.2) is 19.7 Å². The van der Waals surface area contributed by atoms with Gasteiger partial charge in [-0.3, -0.25) is 0 Å². The topological polar surface area (TPSA) is 91.8 Å². The summed E-state index contributed by atoms with van der Waals surface area (Å²) in [6.07, 6.45) is 3.21. The van der Waals surface area contributed by atoms with Gasteiger partial charge in [-0.2, -0.15) is 0 Å². The zero-order valence-electron chi connectivity index (χ0n) is 13.1. The van der Waals surface area contributed by atoms with Gasteiger partial charge in [-0.15, -0.1) is 11.3 Å². The van der Waals surface area contributed by atoms with Gasteiger partial charge in [0.05, 0.1) is 30.3 Å². The van der Waals surface area contributed by atoms with Crippen molar-refractivity contribution in [3.63, 3.8) is 0 Å². The van der Waals surface area contributed by atoms with E-state index in [-0.39, 0.29) is 11.4 Å². The smallest absolute Gasteiger partial charge is 0.319 e. The average molecular weight is 320 g/mol. The van der Waals surface area contributed by atoms with Gasteiger partial charge in [0.2, 0.25) is 0 Å². The second-order valence-corrected chi connectivity index (χ2v) is 6.61. The van der Waals surface area contributed by atoms with E-state index in [0.717, 1.165) is 16.6 Å². The Morgan fingerprint density at radius 1 is 1.27 bits per heavy atom. The maximum atomic E-state index is 11.8. The molecule has 7 nitrogen and oxygen atoms in total. The van der Waals surface area contributed by atoms with Crippen LogP contribution >= 0.6 is 11.3 Å². The number of amides is 2. The summed E-state index contributed by atoms with van der Waals surface area (Å²) < 4.78 is 0. The summed E-state index contributed by atoms with van der Waals surface area (Å²) in [7, 11) is 1.81. The number of nitrogens with zero attached hydrogens (tertiary/aromatic N) is 3. The highest BCUT2D eigenvalue weighted by atomic mass is 32.1. The van der Waals surface area contributed by atoms with E-state index in [1.54, 1.807) is 12.4 Å². The summed E-state index contributed by atoms with van der Waals surface area (Å²) in [4.78, 5) is 24.6. The highest BCUT2D eigenvalue weighted by Crippen LogP contribution is 2.18. The summed E-state index contributed by atoms with van der Waals surface area (Å²) >= 11 is 1.50. The molecule has 0 aromatic carbocycles. The van der Waals surface area contributed by atoms with Crippen LogP contribution in [0.4, 0.5) is 15.6 Å². The maximum Gasteiger partial charge on any atom is 0.319 e. The lowest BCUT2D eigenvalue weighted by Crippen LogP contribution is -2.28. The zero-order valence-corrected chi connectivity index (χ0v) is 13.9. The number of nitrogens with one attached hydrogen (secondary N) is 3. The lowest BCUT2D eigenvalue weighted by atomic mass is 9.96. The molecule has 22 heavy (non-hydrogen) atoms. The Hall–Kier alpha value is -2.22. The molecule has 8 heteroatoms. The number of aromatic nitrogens is 3. The molecule has 0 bridgehead atoms. The van der Waals surface area contributed by atoms with E-state index in [4.69, 9.17) is 0 Å². The molecule has 0 unspecified atom stereocenters. The Kier molecular flexibility index (Phi) is 4.92. The molecule has 2 amide bonds. The molecule has 3 N–H and O–H groups in total. The first-order valence-electron chi connectivity index (χ1n) is 6.88. The van der Waals surface area contributed by atoms with Crippen LogP contribution in [-0.4, -0.2) is 28.0 Å². The minimum atomic E-state index is -0.314. The Bertz CT molecular complexity index is 632. The van der Waals surface area contributed by atoms with Gasteiger partial charge in [0.25, 0.3) is 0 Å². The first kappa shape index (κ1) is 16.2. The van der Waals surface area contributed by atoms with Crippen LogP contribution in [0.3, 0.4) is 0 Å². The van der Waals surface area contributed by atoms with E-state index in [9.17, 15) is 4.79 Å². The van der Waals surface area contributed by atoms with Crippen molar-refractivity contribution in [1.82, 2.24) is 20.3 Å². The van der Waals surface area contributed by atoms with Crippen LogP contribution in [-0.2, 0) is 12.0 Å². The van der Waals surface area contributed by atoms with Gasteiger partial charge in [0.15, 0.2) is 5.13 Å². The fourth-order valence-electron chi connectivity index (χ4n) is 1.63. The van der Waals surface area contributed by atoms with Gasteiger partial charge in [-0.05, 0) is 0 Å². The maximum absolute atomic E-state index is 11.8. The third-order valence-electron chi connectivity index (χ3n) is 2.78. The van der Waals surface area contributed by atoms with Crippen molar-refractivity contribution in [1.29, 1.82) is 0 Å². The van der Waals surface area contributed by atoms with Crippen molar-refractivity contribution in [3.05, 3.63) is 29.3 Å². The number of urea groups is 1. The molecule has 0 aliphatic rings. The molecule has 2 rings (SSSR count). The second-order valence-electron chi connectivity index (χ2n) is 5.75. The summed E-state index contributed by atoms with van der Waals surface area (Å²) in [5, 5.41) is 11.1. The van der Waals surface area contributed by atoms with Crippen LogP contribution in [0.1, 0.15) is 32.3 Å². The van der Waals surface area contributed by atoms with Gasteiger partial charge in [0, 0.05) is 17.8 Å². The lowest BCUT2D eigenvalue weighted by molar-refractivity contribution is 0.251. The number of rotatable bonds is 4. The molecule has 2 aromatic rings. The van der Waals surface area contributed by atoms with Crippen LogP contribution in [0.25, 0.3) is 0 Å². The normalized spacial score (nSPS) is 11.1. The quantitative estimate of drug-likeness (QED) is 0.805. The first-order valence-corrected chi connectivity index (χ1v) is 7.76. The highest BCUT2D eigenvalue weighted by molar-refractivity contribution is 7.13. The molecular weight excluding hydrogens is 300 g/mol. The second kappa shape index (κ2) is 6.69. The minimum Gasteiger partial charge on any atom is -0.365 e. The number of hydrogen-bond donors (Lipinski definition) is 3. The number of carbonyl (C=O) groups is 1. The number of carbonyl (C=O) groups excluding carboxylic acids is 1. The molecule has 0 saturated carbocycles. The highest BCUT2D eigenvalue weighted by Gasteiger charge is 2.16. The monoisotopic (exact) mass is 320 g/mol. The predicted octanol–water partition coefficient (Wildman–Crippen LogP) is 2.59. The molecule has 0 radical (unpaired) electrons. The summed E-state index contributed by atoms with van der Waals surface area (Å²) in [5.74, 6) is 0.737. The molecule has 0 aliphatic carbocycles. The van der Waals surface area contributed by atoms with Crippen LogP contribution in [0.5, 0.6) is 0 Å². The molecular formula is C14H20N6OS. The van der Waals surface area contributed by atoms with E-state index in [1.165, 1.54) is 11.3 Å². The van der Waals surface area contributed by atoms with E-state index < -0.39 is 0 Å². The van der Waals surface area contributed by atoms with E-state index in [2.05, 4.69) is 30.9 Å². The van der Waals surface area contributed by atoms with Crippen LogP contribution < -0.4 is 16.0 Å². The minimum absolute atomic E-state index is 0.115.